The van der Waals surface area contributed by atoms with Crippen LogP contribution >= 0.6 is 0 Å². The molecular weight excluding hydrogens is 227 g/mol. The maximum Gasteiger partial charge on any atom is 0.392 e. The molecule has 92 valence electrons. The average molecular weight is 241 g/mol. The minimum atomic E-state index is -4.12. The molecule has 2 rings (SSSR count). The topological polar surface area (TPSA) is 12.4 Å². The van der Waals surface area contributed by atoms with E-state index in [1.807, 2.05) is 18.2 Å². The van der Waals surface area contributed by atoms with Crippen molar-refractivity contribution < 1.29 is 13.2 Å². The third-order valence-corrected chi connectivity index (χ3v) is 2.84. The first-order valence-electron chi connectivity index (χ1n) is 5.68. The zero-order valence-corrected chi connectivity index (χ0v) is 9.37. The molecule has 0 bridgehead atoms. The molecule has 4 heteroatoms. The molecule has 0 saturated heterocycles. The summed E-state index contributed by atoms with van der Waals surface area (Å²) in [5, 5.41) is 0. The van der Waals surface area contributed by atoms with Crippen molar-refractivity contribution in [1.29, 1.82) is 0 Å². The maximum absolute atomic E-state index is 12.3. The Bertz CT molecular complexity index is 399. The Balaban J connectivity index is 2.02. The fourth-order valence-electron chi connectivity index (χ4n) is 2.10. The molecule has 1 nitrogen and oxygen atoms in total. The summed E-state index contributed by atoms with van der Waals surface area (Å²) in [6.45, 7) is 0.745. The van der Waals surface area contributed by atoms with Crippen LogP contribution in [0.5, 0.6) is 0 Å². The summed E-state index contributed by atoms with van der Waals surface area (Å²) in [5.41, 5.74) is 1.34. The molecule has 0 radical (unpaired) electrons. The second-order valence-corrected chi connectivity index (χ2v) is 4.31. The second-order valence-electron chi connectivity index (χ2n) is 4.31. The van der Waals surface area contributed by atoms with Gasteiger partial charge in [0.15, 0.2) is 0 Å². The number of halogens is 3. The standard InChI is InChI=1S/C13H14F3N/c14-13(15,16)9-10-4-3-5-11(8-10)12-6-1-2-7-17-12/h1,3-6,11H,2,7-9H2. The number of hydrogen-bond acceptors (Lipinski definition) is 1. The van der Waals surface area contributed by atoms with Crippen molar-refractivity contribution in [3.8, 4) is 0 Å². The zero-order chi connectivity index (χ0) is 12.3. The number of alkyl halides is 3. The van der Waals surface area contributed by atoms with Gasteiger partial charge in [-0.15, -0.1) is 0 Å². The largest absolute Gasteiger partial charge is 0.392 e. The lowest BCUT2D eigenvalue weighted by atomic mass is 9.88. The van der Waals surface area contributed by atoms with Crippen molar-refractivity contribution in [2.75, 3.05) is 6.54 Å². The molecule has 1 aliphatic carbocycles. The number of hydrogen-bond donors (Lipinski definition) is 0. The Morgan fingerprint density at radius 3 is 2.82 bits per heavy atom. The van der Waals surface area contributed by atoms with Crippen LogP contribution in [0.2, 0.25) is 0 Å². The smallest absolute Gasteiger partial charge is 0.289 e. The molecule has 1 heterocycles. The molecule has 0 aromatic carbocycles. The number of dihydropyridines is 1. The quantitative estimate of drug-likeness (QED) is 0.696. The van der Waals surface area contributed by atoms with Crippen molar-refractivity contribution in [2.24, 2.45) is 10.9 Å². The third-order valence-electron chi connectivity index (χ3n) is 2.84. The fraction of sp³-hybridized carbons (Fsp3) is 0.462. The highest BCUT2D eigenvalue weighted by Crippen LogP contribution is 2.31. The molecule has 2 aliphatic rings. The van der Waals surface area contributed by atoms with Gasteiger partial charge >= 0.3 is 6.18 Å². The van der Waals surface area contributed by atoms with Gasteiger partial charge in [0.1, 0.15) is 0 Å². The second kappa shape index (κ2) is 4.90. The highest BCUT2D eigenvalue weighted by atomic mass is 19.4. The highest BCUT2D eigenvalue weighted by Gasteiger charge is 2.30. The third kappa shape index (κ3) is 3.58. The van der Waals surface area contributed by atoms with Gasteiger partial charge in [0.2, 0.25) is 0 Å². The zero-order valence-electron chi connectivity index (χ0n) is 9.37. The lowest BCUT2D eigenvalue weighted by molar-refractivity contribution is -0.127. The van der Waals surface area contributed by atoms with Gasteiger partial charge in [-0.05, 0) is 18.9 Å². The Morgan fingerprint density at radius 2 is 2.18 bits per heavy atom. The summed E-state index contributed by atoms with van der Waals surface area (Å²) in [6, 6.07) is 0. The molecule has 0 amide bonds. The maximum atomic E-state index is 12.3. The summed E-state index contributed by atoms with van der Waals surface area (Å²) >= 11 is 0. The van der Waals surface area contributed by atoms with Crippen molar-refractivity contribution in [2.45, 2.75) is 25.4 Å². The van der Waals surface area contributed by atoms with Gasteiger partial charge in [-0.3, -0.25) is 4.99 Å². The minimum Gasteiger partial charge on any atom is -0.289 e. The number of allylic oxidation sites excluding steroid dienone is 5. The van der Waals surface area contributed by atoms with Gasteiger partial charge in [-0.25, -0.2) is 0 Å². The first kappa shape index (κ1) is 12.1. The van der Waals surface area contributed by atoms with Crippen molar-refractivity contribution in [3.63, 3.8) is 0 Å². The van der Waals surface area contributed by atoms with E-state index < -0.39 is 12.6 Å². The van der Waals surface area contributed by atoms with E-state index in [4.69, 9.17) is 0 Å². The fourth-order valence-corrected chi connectivity index (χ4v) is 2.10. The summed E-state index contributed by atoms with van der Waals surface area (Å²) < 4.78 is 36.9. The van der Waals surface area contributed by atoms with Gasteiger partial charge in [-0.1, -0.05) is 29.9 Å². The molecule has 1 aliphatic heterocycles. The average Bonchev–Trinajstić information content (AvgIpc) is 2.28. The first-order chi connectivity index (χ1) is 8.04. The van der Waals surface area contributed by atoms with Gasteiger partial charge in [0.25, 0.3) is 0 Å². The molecule has 17 heavy (non-hydrogen) atoms. The lowest BCUT2D eigenvalue weighted by Crippen LogP contribution is -2.18. The molecule has 0 aromatic heterocycles. The molecular formula is C13H14F3N. The summed E-state index contributed by atoms with van der Waals surface area (Å²) in [4.78, 5) is 4.35. The van der Waals surface area contributed by atoms with Gasteiger partial charge in [-0.2, -0.15) is 13.2 Å². The van der Waals surface area contributed by atoms with Gasteiger partial charge in [0, 0.05) is 18.2 Å². The van der Waals surface area contributed by atoms with Crippen LogP contribution in [0.3, 0.4) is 0 Å². The van der Waals surface area contributed by atoms with Gasteiger partial charge in [0.05, 0.1) is 6.42 Å². The van der Waals surface area contributed by atoms with E-state index in [1.165, 1.54) is 0 Å². The van der Waals surface area contributed by atoms with E-state index in [1.54, 1.807) is 12.2 Å². The van der Waals surface area contributed by atoms with Crippen molar-refractivity contribution >= 4 is 5.71 Å². The van der Waals surface area contributed by atoms with E-state index in [9.17, 15) is 13.2 Å². The molecule has 1 unspecified atom stereocenters. The van der Waals surface area contributed by atoms with Crippen LogP contribution < -0.4 is 0 Å². The predicted octanol–water partition coefficient (Wildman–Crippen LogP) is 3.84. The highest BCUT2D eigenvalue weighted by molar-refractivity contribution is 5.98. The monoisotopic (exact) mass is 241 g/mol. The van der Waals surface area contributed by atoms with Crippen LogP contribution in [0.25, 0.3) is 0 Å². The summed E-state index contributed by atoms with van der Waals surface area (Å²) in [6.07, 6.45) is 5.57. The first-order valence-corrected chi connectivity index (χ1v) is 5.68. The Morgan fingerprint density at radius 1 is 1.35 bits per heavy atom. The molecule has 0 fully saturated rings. The predicted molar refractivity (Wildman–Crippen MR) is 62.1 cm³/mol. The SMILES string of the molecule is FC(F)(F)CC1=CC=CC(C2=NCCC=C2)C1. The van der Waals surface area contributed by atoms with Crippen molar-refractivity contribution in [1.82, 2.24) is 0 Å². The molecule has 0 saturated carbocycles. The minimum absolute atomic E-state index is 0.00824. The normalized spacial score (nSPS) is 24.5. The van der Waals surface area contributed by atoms with Crippen LogP contribution in [0, 0.1) is 5.92 Å². The summed E-state index contributed by atoms with van der Waals surface area (Å²) in [7, 11) is 0. The Kier molecular flexibility index (Phi) is 3.50. The molecule has 0 spiro atoms. The van der Waals surface area contributed by atoms with E-state index in [2.05, 4.69) is 4.99 Å². The summed E-state index contributed by atoms with van der Waals surface area (Å²) in [5.74, 6) is 0.00824. The van der Waals surface area contributed by atoms with Crippen LogP contribution in [0.1, 0.15) is 19.3 Å². The van der Waals surface area contributed by atoms with Gasteiger partial charge < -0.3 is 0 Å². The molecule has 0 N–H and O–H groups in total. The van der Waals surface area contributed by atoms with E-state index in [-0.39, 0.29) is 5.92 Å². The van der Waals surface area contributed by atoms with E-state index >= 15 is 0 Å². The number of nitrogens with zero attached hydrogens (tertiary/aromatic N) is 1. The Labute approximate surface area is 98.4 Å². The Hall–Kier alpha value is -1.32. The van der Waals surface area contributed by atoms with Crippen LogP contribution in [-0.2, 0) is 0 Å². The van der Waals surface area contributed by atoms with E-state index in [0.717, 1.165) is 18.7 Å². The van der Waals surface area contributed by atoms with Crippen LogP contribution in [-0.4, -0.2) is 18.4 Å². The van der Waals surface area contributed by atoms with Crippen LogP contribution in [0.4, 0.5) is 13.2 Å². The van der Waals surface area contributed by atoms with E-state index in [0.29, 0.717) is 12.0 Å². The molecule has 1 atom stereocenters. The lowest BCUT2D eigenvalue weighted by Gasteiger charge is -2.21. The number of aliphatic imine (C=N–C) groups is 1. The van der Waals surface area contributed by atoms with Crippen LogP contribution in [0.15, 0.2) is 40.9 Å². The molecule has 0 aromatic rings. The number of rotatable bonds is 2. The van der Waals surface area contributed by atoms with Crippen molar-refractivity contribution in [3.05, 3.63) is 36.0 Å².